The van der Waals surface area contributed by atoms with Gasteiger partial charge in [-0.2, -0.15) is 13.2 Å². The molecule has 0 bridgehead atoms. The van der Waals surface area contributed by atoms with Gasteiger partial charge in [0.15, 0.2) is 0 Å². The minimum Gasteiger partial charge on any atom is -0.439 e. The highest BCUT2D eigenvalue weighted by atomic mass is 19.4. The lowest BCUT2D eigenvalue weighted by atomic mass is 10.2. The van der Waals surface area contributed by atoms with Gasteiger partial charge in [-0.15, -0.1) is 0 Å². The van der Waals surface area contributed by atoms with E-state index in [4.69, 9.17) is 4.74 Å². The summed E-state index contributed by atoms with van der Waals surface area (Å²) in [7, 11) is 0. The topological polar surface area (TPSA) is 105 Å². The predicted octanol–water partition coefficient (Wildman–Crippen LogP) is 5.56. The Morgan fingerprint density at radius 2 is 1.51 bits per heavy atom. The van der Waals surface area contributed by atoms with Crippen molar-refractivity contribution in [3.63, 3.8) is 0 Å². The van der Waals surface area contributed by atoms with Crippen LogP contribution in [0.25, 0.3) is 0 Å². The van der Waals surface area contributed by atoms with Gasteiger partial charge in [0.25, 0.3) is 0 Å². The molecule has 182 valence electrons. The third-order valence-electron chi connectivity index (χ3n) is 4.68. The highest BCUT2D eigenvalue weighted by Gasteiger charge is 2.31. The molecule has 0 atom stereocenters. The van der Waals surface area contributed by atoms with E-state index in [9.17, 15) is 31.5 Å². The molecule has 4 rings (SSSR count). The lowest BCUT2D eigenvalue weighted by Gasteiger charge is -2.12. The molecule has 0 aliphatic heterocycles. The van der Waals surface area contributed by atoms with Crippen LogP contribution in [0.5, 0.6) is 11.6 Å². The predicted molar refractivity (Wildman–Crippen MR) is 114 cm³/mol. The number of anilines is 3. The van der Waals surface area contributed by atoms with Crippen LogP contribution in [0.4, 0.5) is 43.9 Å². The third-order valence-corrected chi connectivity index (χ3v) is 4.68. The van der Waals surface area contributed by atoms with Gasteiger partial charge in [-0.3, -0.25) is 4.79 Å². The average molecular weight is 493 g/mol. The van der Waals surface area contributed by atoms with Crippen LogP contribution in [0.2, 0.25) is 0 Å². The number of alkyl halides is 3. The van der Waals surface area contributed by atoms with Crippen molar-refractivity contribution in [3.05, 3.63) is 66.0 Å². The van der Waals surface area contributed by atoms with E-state index in [2.05, 4.69) is 25.9 Å². The number of carbonyl (C=O) groups excluding carboxylic acids is 2. The number of carbonyl (C=O) groups is 2. The number of ether oxygens (including phenoxy) is 1. The smallest absolute Gasteiger partial charge is 0.416 e. The van der Waals surface area contributed by atoms with Crippen LogP contribution in [-0.2, 0) is 11.0 Å². The van der Waals surface area contributed by atoms with Gasteiger partial charge in [0.05, 0.1) is 5.56 Å². The van der Waals surface area contributed by atoms with E-state index in [0.29, 0.717) is 12.1 Å². The van der Waals surface area contributed by atoms with Crippen molar-refractivity contribution in [3.8, 4) is 11.6 Å². The van der Waals surface area contributed by atoms with Crippen LogP contribution in [0.15, 0.2) is 48.8 Å². The molecule has 13 heteroatoms. The van der Waals surface area contributed by atoms with Gasteiger partial charge < -0.3 is 20.7 Å². The Morgan fingerprint density at radius 1 is 0.857 bits per heavy atom. The Kier molecular flexibility index (Phi) is 6.49. The van der Waals surface area contributed by atoms with Gasteiger partial charge in [-0.05, 0) is 37.1 Å². The van der Waals surface area contributed by atoms with Crippen molar-refractivity contribution in [1.29, 1.82) is 0 Å². The van der Waals surface area contributed by atoms with Crippen LogP contribution in [0, 0.1) is 17.6 Å². The highest BCUT2D eigenvalue weighted by Crippen LogP contribution is 2.32. The molecule has 1 saturated carbocycles. The molecule has 1 aromatic heterocycles. The number of aromatic nitrogens is 2. The first kappa shape index (κ1) is 23.9. The Balaban J connectivity index is 1.44. The number of urea groups is 1. The number of benzene rings is 2. The molecule has 1 fully saturated rings. The Morgan fingerprint density at radius 3 is 2.17 bits per heavy atom. The molecule has 0 saturated heterocycles. The van der Waals surface area contributed by atoms with Gasteiger partial charge in [-0.1, -0.05) is 0 Å². The van der Waals surface area contributed by atoms with Crippen LogP contribution in [-0.4, -0.2) is 21.9 Å². The van der Waals surface area contributed by atoms with Gasteiger partial charge in [0.1, 0.15) is 29.5 Å². The summed E-state index contributed by atoms with van der Waals surface area (Å²) in [6.07, 6.45) is -2.07. The molecule has 2 aromatic carbocycles. The molecule has 35 heavy (non-hydrogen) atoms. The molecule has 8 nitrogen and oxygen atoms in total. The molecular formula is C22H16F5N5O3. The monoisotopic (exact) mass is 493 g/mol. The third kappa shape index (κ3) is 6.62. The first-order chi connectivity index (χ1) is 16.5. The number of hydrogen-bond acceptors (Lipinski definition) is 5. The summed E-state index contributed by atoms with van der Waals surface area (Å²) in [4.78, 5) is 31.9. The zero-order valence-corrected chi connectivity index (χ0v) is 17.6. The van der Waals surface area contributed by atoms with Crippen LogP contribution < -0.4 is 20.7 Å². The van der Waals surface area contributed by atoms with E-state index in [0.717, 1.165) is 31.3 Å². The van der Waals surface area contributed by atoms with Crippen LogP contribution >= 0.6 is 0 Å². The van der Waals surface area contributed by atoms with E-state index in [1.165, 1.54) is 12.1 Å². The van der Waals surface area contributed by atoms with Gasteiger partial charge >= 0.3 is 12.2 Å². The first-order valence-corrected chi connectivity index (χ1v) is 10.1. The van der Waals surface area contributed by atoms with Crippen LogP contribution in [0.1, 0.15) is 18.4 Å². The number of amides is 3. The minimum atomic E-state index is -4.81. The largest absolute Gasteiger partial charge is 0.439 e. The SMILES string of the molecule is O=C(Nc1cc(F)cc(Oc2cc(NC(=O)C3CC3)ncn2)c1)Nc1cc(F)cc(C(F)(F)F)c1. The Labute approximate surface area is 194 Å². The fourth-order valence-corrected chi connectivity index (χ4v) is 2.97. The molecule has 3 N–H and O–H groups in total. The van der Waals surface area contributed by atoms with Crippen molar-refractivity contribution >= 4 is 29.1 Å². The molecular weight excluding hydrogens is 477 g/mol. The molecule has 1 aliphatic carbocycles. The van der Waals surface area contributed by atoms with E-state index in [1.807, 2.05) is 0 Å². The lowest BCUT2D eigenvalue weighted by Crippen LogP contribution is -2.20. The first-order valence-electron chi connectivity index (χ1n) is 10.1. The zero-order valence-electron chi connectivity index (χ0n) is 17.6. The van der Waals surface area contributed by atoms with E-state index in [1.54, 1.807) is 0 Å². The molecule has 0 spiro atoms. The molecule has 1 heterocycles. The van der Waals surface area contributed by atoms with E-state index >= 15 is 0 Å². The number of nitrogens with one attached hydrogen (secondary N) is 3. The summed E-state index contributed by atoms with van der Waals surface area (Å²) in [6.45, 7) is 0. The number of nitrogens with zero attached hydrogens (tertiary/aromatic N) is 2. The second-order valence-electron chi connectivity index (χ2n) is 7.59. The Hall–Kier alpha value is -4.29. The fourth-order valence-electron chi connectivity index (χ4n) is 2.97. The normalized spacial score (nSPS) is 13.2. The minimum absolute atomic E-state index is 0.0217. The van der Waals surface area contributed by atoms with Gasteiger partial charge in [0.2, 0.25) is 11.8 Å². The average Bonchev–Trinajstić information content (AvgIpc) is 3.58. The summed E-state index contributed by atoms with van der Waals surface area (Å²) >= 11 is 0. The quantitative estimate of drug-likeness (QED) is 0.390. The standard InChI is InChI=1S/C22H16F5N5O3/c23-13-3-12(22(25,26)27)4-15(5-13)30-21(34)31-16-6-14(24)7-17(8-16)35-19-9-18(28-10-29-19)32-20(33)11-1-2-11/h3-11H,1-2H2,(H2,30,31,34)(H,28,29,32,33). The van der Waals surface area contributed by atoms with E-state index in [-0.39, 0.29) is 41.0 Å². The maximum atomic E-state index is 14.1. The summed E-state index contributed by atoms with van der Waals surface area (Å²) in [5, 5.41) is 6.90. The number of halogens is 5. The van der Waals surface area contributed by atoms with Crippen molar-refractivity contribution in [1.82, 2.24) is 9.97 Å². The van der Waals surface area contributed by atoms with E-state index < -0.39 is 35.1 Å². The maximum absolute atomic E-state index is 14.1. The summed E-state index contributed by atoms with van der Waals surface area (Å²) in [5.41, 5.74) is -1.85. The molecule has 0 radical (unpaired) electrons. The van der Waals surface area contributed by atoms with Gasteiger partial charge in [0, 0.05) is 35.5 Å². The molecule has 1 aliphatic rings. The second kappa shape index (κ2) is 9.52. The van der Waals surface area contributed by atoms with Crippen molar-refractivity contribution in [2.75, 3.05) is 16.0 Å². The molecule has 3 aromatic rings. The van der Waals surface area contributed by atoms with Crippen molar-refractivity contribution in [2.24, 2.45) is 5.92 Å². The van der Waals surface area contributed by atoms with Crippen LogP contribution in [0.3, 0.4) is 0 Å². The molecule has 3 amide bonds. The van der Waals surface area contributed by atoms with Gasteiger partial charge in [-0.25, -0.2) is 23.5 Å². The highest BCUT2D eigenvalue weighted by molar-refractivity contribution is 6.00. The fraction of sp³-hybridized carbons (Fsp3) is 0.182. The zero-order chi connectivity index (χ0) is 25.2. The Bertz CT molecular complexity index is 1280. The molecule has 0 unspecified atom stereocenters. The van der Waals surface area contributed by atoms with Crippen molar-refractivity contribution < 1.29 is 36.3 Å². The second-order valence-corrected chi connectivity index (χ2v) is 7.59. The summed E-state index contributed by atoms with van der Waals surface area (Å²) < 4.78 is 71.6. The maximum Gasteiger partial charge on any atom is 0.416 e. The lowest BCUT2D eigenvalue weighted by molar-refractivity contribution is -0.137. The summed E-state index contributed by atoms with van der Waals surface area (Å²) in [5.74, 6) is -2.15. The summed E-state index contributed by atoms with van der Waals surface area (Å²) in [6, 6.07) is 4.96. The van der Waals surface area contributed by atoms with Crippen molar-refractivity contribution in [2.45, 2.75) is 19.0 Å². The number of hydrogen-bond donors (Lipinski definition) is 3. The number of rotatable bonds is 6.